The zero-order valence-corrected chi connectivity index (χ0v) is 10.2. The molecule has 92 valence electrons. The number of nitrogens with zero attached hydrogens (tertiary/aromatic N) is 4. The van der Waals surface area contributed by atoms with Gasteiger partial charge in [0.1, 0.15) is 0 Å². The van der Waals surface area contributed by atoms with Crippen LogP contribution in [-0.4, -0.2) is 26.4 Å². The van der Waals surface area contributed by atoms with E-state index in [0.717, 1.165) is 5.56 Å². The van der Waals surface area contributed by atoms with Gasteiger partial charge in [0.2, 0.25) is 0 Å². The molecule has 0 aliphatic rings. The Morgan fingerprint density at radius 1 is 1.33 bits per heavy atom. The van der Waals surface area contributed by atoms with Crippen LogP contribution in [0.25, 0.3) is 0 Å². The highest BCUT2D eigenvalue weighted by Gasteiger charge is 2.07. The number of nitrogens with one attached hydrogen (secondary N) is 1. The van der Waals surface area contributed by atoms with Gasteiger partial charge in [-0.2, -0.15) is 10.2 Å². The number of carbonyl (C=O) groups excluding carboxylic acids is 1. The Balaban J connectivity index is 2.05. The monoisotopic (exact) mass is 243 g/mol. The van der Waals surface area contributed by atoms with Crippen molar-refractivity contribution < 1.29 is 4.79 Å². The summed E-state index contributed by atoms with van der Waals surface area (Å²) in [6.45, 7) is 1.81. The van der Waals surface area contributed by atoms with Crippen LogP contribution in [0, 0.1) is 0 Å². The molecule has 1 N–H and O–H groups in total. The number of pyridine rings is 1. The van der Waals surface area contributed by atoms with Crippen LogP contribution in [0.3, 0.4) is 0 Å². The lowest BCUT2D eigenvalue weighted by molar-refractivity contribution is 0.0949. The van der Waals surface area contributed by atoms with E-state index in [0.29, 0.717) is 11.4 Å². The van der Waals surface area contributed by atoms with Gasteiger partial charge in [-0.05, 0) is 25.1 Å². The smallest absolute Gasteiger partial charge is 0.275 e. The highest BCUT2D eigenvalue weighted by molar-refractivity contribution is 6.00. The van der Waals surface area contributed by atoms with Crippen molar-refractivity contribution in [1.82, 2.24) is 20.2 Å². The molecule has 0 aromatic carbocycles. The molecular formula is C12H13N5O. The molecule has 0 unspecified atom stereocenters. The normalized spacial score (nSPS) is 11.3. The van der Waals surface area contributed by atoms with Crippen molar-refractivity contribution in [3.05, 3.63) is 48.0 Å². The van der Waals surface area contributed by atoms with E-state index in [1.165, 1.54) is 0 Å². The van der Waals surface area contributed by atoms with Crippen LogP contribution in [0.5, 0.6) is 0 Å². The van der Waals surface area contributed by atoms with E-state index in [1.54, 1.807) is 36.4 Å². The fraction of sp³-hybridized carbons (Fsp3) is 0.167. The number of amides is 1. The van der Waals surface area contributed by atoms with Crippen LogP contribution in [0.4, 0.5) is 0 Å². The molecule has 2 aromatic rings. The molecule has 0 aliphatic carbocycles. The number of carbonyl (C=O) groups is 1. The lowest BCUT2D eigenvalue weighted by Crippen LogP contribution is -2.20. The van der Waals surface area contributed by atoms with Gasteiger partial charge in [-0.15, -0.1) is 0 Å². The van der Waals surface area contributed by atoms with Crippen LogP contribution in [0.1, 0.15) is 23.0 Å². The third-order valence-corrected chi connectivity index (χ3v) is 2.37. The van der Waals surface area contributed by atoms with Gasteiger partial charge >= 0.3 is 0 Å². The van der Waals surface area contributed by atoms with Gasteiger partial charge in [0.15, 0.2) is 5.69 Å². The molecule has 2 aromatic heterocycles. The number of rotatable bonds is 3. The first kappa shape index (κ1) is 12.0. The Bertz CT molecular complexity index is 573. The van der Waals surface area contributed by atoms with Crippen LogP contribution < -0.4 is 5.43 Å². The molecule has 2 heterocycles. The summed E-state index contributed by atoms with van der Waals surface area (Å²) in [4.78, 5) is 15.6. The van der Waals surface area contributed by atoms with Crippen LogP contribution in [0.15, 0.2) is 41.9 Å². The van der Waals surface area contributed by atoms with Crippen LogP contribution in [-0.2, 0) is 7.05 Å². The Labute approximate surface area is 104 Å². The standard InChI is InChI=1S/C12H13N5O/c1-9(10-3-6-13-7-4-10)14-15-12(18)11-5-8-17(2)16-11/h3-8H,1-2H3,(H,15,18)/b14-9+. The van der Waals surface area contributed by atoms with Crippen molar-refractivity contribution in [2.45, 2.75) is 6.92 Å². The van der Waals surface area contributed by atoms with Crippen LogP contribution in [0.2, 0.25) is 0 Å². The highest BCUT2D eigenvalue weighted by atomic mass is 16.2. The van der Waals surface area contributed by atoms with Gasteiger partial charge in [-0.25, -0.2) is 5.43 Å². The summed E-state index contributed by atoms with van der Waals surface area (Å²) >= 11 is 0. The minimum absolute atomic E-state index is 0.330. The van der Waals surface area contributed by atoms with Crippen molar-refractivity contribution >= 4 is 11.6 Å². The Hall–Kier alpha value is -2.50. The molecule has 2 rings (SSSR count). The Morgan fingerprint density at radius 3 is 2.67 bits per heavy atom. The second-order valence-electron chi connectivity index (χ2n) is 3.75. The SMILES string of the molecule is C/C(=N\NC(=O)c1ccn(C)n1)c1ccncc1. The molecule has 0 radical (unpaired) electrons. The van der Waals surface area contributed by atoms with Gasteiger partial charge < -0.3 is 0 Å². The molecule has 0 fully saturated rings. The first-order valence-electron chi connectivity index (χ1n) is 5.41. The molecule has 1 amide bonds. The predicted molar refractivity (Wildman–Crippen MR) is 67.1 cm³/mol. The highest BCUT2D eigenvalue weighted by Crippen LogP contribution is 1.99. The maximum atomic E-state index is 11.7. The van der Waals surface area contributed by atoms with Gasteiger partial charge in [0.25, 0.3) is 5.91 Å². The Morgan fingerprint density at radius 2 is 2.06 bits per heavy atom. The number of aryl methyl sites for hydroxylation is 1. The Kier molecular flexibility index (Phi) is 3.47. The van der Waals surface area contributed by atoms with Gasteiger partial charge in [-0.1, -0.05) is 0 Å². The van der Waals surface area contributed by atoms with Gasteiger partial charge in [0.05, 0.1) is 5.71 Å². The van der Waals surface area contributed by atoms with E-state index in [9.17, 15) is 4.79 Å². The van der Waals surface area contributed by atoms with Crippen molar-refractivity contribution in [2.75, 3.05) is 0 Å². The average Bonchev–Trinajstić information content (AvgIpc) is 2.83. The molecule has 18 heavy (non-hydrogen) atoms. The third kappa shape index (κ3) is 2.79. The average molecular weight is 243 g/mol. The second-order valence-corrected chi connectivity index (χ2v) is 3.75. The molecule has 0 saturated heterocycles. The summed E-state index contributed by atoms with van der Waals surface area (Å²) in [6, 6.07) is 5.28. The zero-order valence-electron chi connectivity index (χ0n) is 10.2. The zero-order chi connectivity index (χ0) is 13.0. The molecule has 6 nitrogen and oxygen atoms in total. The second kappa shape index (κ2) is 5.22. The van der Waals surface area contributed by atoms with Crippen molar-refractivity contribution in [3.8, 4) is 0 Å². The summed E-state index contributed by atoms with van der Waals surface area (Å²) in [6.07, 6.45) is 5.05. The van der Waals surface area contributed by atoms with Crippen LogP contribution >= 0.6 is 0 Å². The summed E-state index contributed by atoms with van der Waals surface area (Å²) in [5.74, 6) is -0.330. The predicted octanol–water partition coefficient (Wildman–Crippen LogP) is 0.969. The number of hydrazone groups is 1. The van der Waals surface area contributed by atoms with E-state index in [1.807, 2.05) is 19.1 Å². The minimum atomic E-state index is -0.330. The maximum absolute atomic E-state index is 11.7. The third-order valence-electron chi connectivity index (χ3n) is 2.37. The summed E-state index contributed by atoms with van der Waals surface area (Å²) < 4.78 is 1.56. The summed E-state index contributed by atoms with van der Waals surface area (Å²) in [7, 11) is 1.75. The van der Waals surface area contributed by atoms with Crippen molar-refractivity contribution in [3.63, 3.8) is 0 Å². The molecular weight excluding hydrogens is 230 g/mol. The number of hydrogen-bond acceptors (Lipinski definition) is 4. The van der Waals surface area contributed by atoms with Gasteiger partial charge in [-0.3, -0.25) is 14.5 Å². The summed E-state index contributed by atoms with van der Waals surface area (Å²) in [5, 5.41) is 8.01. The van der Waals surface area contributed by atoms with Crippen molar-refractivity contribution in [2.24, 2.45) is 12.1 Å². The quantitative estimate of drug-likeness (QED) is 0.645. The molecule has 0 aliphatic heterocycles. The van der Waals surface area contributed by atoms with E-state index in [4.69, 9.17) is 0 Å². The van der Waals surface area contributed by atoms with E-state index < -0.39 is 0 Å². The topological polar surface area (TPSA) is 72.2 Å². The molecule has 0 spiro atoms. The van der Waals surface area contributed by atoms with E-state index >= 15 is 0 Å². The number of aromatic nitrogens is 3. The molecule has 0 bridgehead atoms. The van der Waals surface area contributed by atoms with Crippen molar-refractivity contribution in [1.29, 1.82) is 0 Å². The number of hydrogen-bond donors (Lipinski definition) is 1. The lowest BCUT2D eigenvalue weighted by Gasteiger charge is -2.00. The van der Waals surface area contributed by atoms with E-state index in [-0.39, 0.29) is 5.91 Å². The molecule has 6 heteroatoms. The first-order valence-corrected chi connectivity index (χ1v) is 5.41. The summed E-state index contributed by atoms with van der Waals surface area (Å²) in [5.41, 5.74) is 4.42. The van der Waals surface area contributed by atoms with E-state index in [2.05, 4.69) is 20.6 Å². The fourth-order valence-electron chi connectivity index (χ4n) is 1.39. The lowest BCUT2D eigenvalue weighted by atomic mass is 10.2. The largest absolute Gasteiger partial charge is 0.291 e. The first-order chi connectivity index (χ1) is 8.66. The fourth-order valence-corrected chi connectivity index (χ4v) is 1.39. The minimum Gasteiger partial charge on any atom is -0.275 e. The molecule has 0 atom stereocenters. The van der Waals surface area contributed by atoms with Gasteiger partial charge in [0, 0.05) is 31.2 Å². The maximum Gasteiger partial charge on any atom is 0.291 e. The molecule has 0 saturated carbocycles.